The van der Waals surface area contributed by atoms with Crippen LogP contribution in [0.15, 0.2) is 36.4 Å². The van der Waals surface area contributed by atoms with Crippen molar-refractivity contribution in [3.63, 3.8) is 0 Å². The fraction of sp³-hybridized carbons (Fsp3) is 0.577. The second kappa shape index (κ2) is 10.8. The fourth-order valence-electron chi connectivity index (χ4n) is 5.66. The maximum Gasteiger partial charge on any atom is 0.310 e. The van der Waals surface area contributed by atoms with Crippen molar-refractivity contribution in [3.05, 3.63) is 36.4 Å². The Hall–Kier alpha value is -3.27. The van der Waals surface area contributed by atoms with Gasteiger partial charge in [-0.05, 0) is 37.3 Å². The predicted octanol–water partition coefficient (Wildman–Crippen LogP) is 1.74. The molecule has 0 spiro atoms. The molecule has 10 nitrogen and oxygen atoms in total. The molecule has 2 aliphatic rings. The van der Waals surface area contributed by atoms with E-state index in [1.807, 2.05) is 57.2 Å². The van der Waals surface area contributed by atoms with Gasteiger partial charge in [0.2, 0.25) is 11.8 Å². The Balaban J connectivity index is 1.68. The maximum absolute atomic E-state index is 13.9. The van der Waals surface area contributed by atoms with Crippen molar-refractivity contribution in [2.75, 3.05) is 13.2 Å². The van der Waals surface area contributed by atoms with Crippen LogP contribution in [-0.2, 0) is 25.8 Å². The van der Waals surface area contributed by atoms with E-state index in [2.05, 4.69) is 15.6 Å². The molecule has 2 N–H and O–H groups in total. The topological polar surface area (TPSA) is 127 Å². The number of rotatable bonds is 9. The molecule has 1 aromatic carbocycles. The van der Waals surface area contributed by atoms with Gasteiger partial charge in [-0.3, -0.25) is 14.4 Å². The summed E-state index contributed by atoms with van der Waals surface area (Å²) in [5.74, 6) is -3.26. The first-order chi connectivity index (χ1) is 17.3. The van der Waals surface area contributed by atoms with Gasteiger partial charge in [0.1, 0.15) is 18.2 Å². The molecule has 2 aromatic rings. The molecule has 0 bridgehead atoms. The number of esters is 1. The van der Waals surface area contributed by atoms with Gasteiger partial charge in [0.05, 0.1) is 36.6 Å². The van der Waals surface area contributed by atoms with Gasteiger partial charge in [-0.25, -0.2) is 4.68 Å². The van der Waals surface area contributed by atoms with Crippen molar-refractivity contribution in [2.45, 2.75) is 52.9 Å². The average Bonchev–Trinajstić information content (AvgIpc) is 3.41. The highest BCUT2D eigenvalue weighted by atomic mass is 16.5. The number of carbonyl (C=O) groups excluding carboxylic acids is 3. The highest BCUT2D eigenvalue weighted by molar-refractivity contribution is 5.96. The van der Waals surface area contributed by atoms with Crippen molar-refractivity contribution < 1.29 is 24.2 Å². The van der Waals surface area contributed by atoms with Crippen LogP contribution in [0, 0.1) is 29.6 Å². The van der Waals surface area contributed by atoms with E-state index in [1.54, 1.807) is 11.6 Å². The molecule has 2 amide bonds. The minimum atomic E-state index is -0.872. The Bertz CT molecular complexity index is 1140. The average molecular weight is 498 g/mol. The monoisotopic (exact) mass is 497 g/mol. The van der Waals surface area contributed by atoms with Crippen LogP contribution in [0.1, 0.15) is 34.1 Å². The van der Waals surface area contributed by atoms with Crippen molar-refractivity contribution in [2.24, 2.45) is 29.6 Å². The second-order valence-electron chi connectivity index (χ2n) is 9.80. The van der Waals surface area contributed by atoms with Crippen LogP contribution in [0.2, 0.25) is 0 Å². The number of nitrogens with zero attached hydrogens (tertiary/aromatic N) is 4. The Kier molecular flexibility index (Phi) is 7.73. The van der Waals surface area contributed by atoms with Crippen molar-refractivity contribution in [1.29, 1.82) is 0 Å². The van der Waals surface area contributed by atoms with Crippen LogP contribution in [0.4, 0.5) is 0 Å². The molecule has 4 rings (SSSR count). The number of aromatic nitrogens is 3. The van der Waals surface area contributed by atoms with E-state index in [1.165, 1.54) is 4.90 Å². The quantitative estimate of drug-likeness (QED) is 0.399. The van der Waals surface area contributed by atoms with Gasteiger partial charge >= 0.3 is 5.97 Å². The molecule has 6 atom stereocenters. The van der Waals surface area contributed by atoms with E-state index in [9.17, 15) is 19.5 Å². The number of aliphatic hydroxyl groups excluding tert-OH is 1. The van der Waals surface area contributed by atoms with Crippen LogP contribution in [-0.4, -0.2) is 68.1 Å². The summed E-state index contributed by atoms with van der Waals surface area (Å²) in [4.78, 5) is 42.1. The minimum absolute atomic E-state index is 0.0728. The number of benzene rings is 1. The van der Waals surface area contributed by atoms with Crippen molar-refractivity contribution in [3.8, 4) is 0 Å². The zero-order valence-electron chi connectivity index (χ0n) is 21.2. The van der Waals surface area contributed by atoms with Gasteiger partial charge in [-0.2, -0.15) is 0 Å². The van der Waals surface area contributed by atoms with Gasteiger partial charge in [0.25, 0.3) is 0 Å². The lowest BCUT2D eigenvalue weighted by atomic mass is 9.69. The number of amides is 2. The Morgan fingerprint density at radius 2 is 1.94 bits per heavy atom. The summed E-state index contributed by atoms with van der Waals surface area (Å²) in [7, 11) is 0. The molecule has 0 saturated carbocycles. The molecule has 1 aliphatic heterocycles. The minimum Gasteiger partial charge on any atom is -0.466 e. The smallest absolute Gasteiger partial charge is 0.310 e. The summed E-state index contributed by atoms with van der Waals surface area (Å²) in [6.07, 6.45) is 4.50. The molecular weight excluding hydrogens is 462 g/mol. The number of fused-ring (bicyclic) bond motifs is 2. The predicted molar refractivity (Wildman–Crippen MR) is 132 cm³/mol. The summed E-state index contributed by atoms with van der Waals surface area (Å²) in [5, 5.41) is 21.4. The summed E-state index contributed by atoms with van der Waals surface area (Å²) in [6, 6.07) is 5.99. The first-order valence-electron chi connectivity index (χ1n) is 12.7. The molecule has 1 fully saturated rings. The summed E-state index contributed by atoms with van der Waals surface area (Å²) < 4.78 is 6.95. The molecular formula is C26H35N5O5. The lowest BCUT2D eigenvalue weighted by Gasteiger charge is -2.35. The number of likely N-dealkylation sites (tertiary alicyclic amines) is 1. The number of aliphatic hydroxyl groups is 1. The molecule has 36 heavy (non-hydrogen) atoms. The Morgan fingerprint density at radius 3 is 2.61 bits per heavy atom. The van der Waals surface area contributed by atoms with Crippen LogP contribution < -0.4 is 5.32 Å². The number of carbonyl (C=O) groups is 3. The normalized spacial score (nSPS) is 26.3. The maximum atomic E-state index is 13.9. The third kappa shape index (κ3) is 4.50. The van der Waals surface area contributed by atoms with Crippen LogP contribution in [0.25, 0.3) is 11.0 Å². The van der Waals surface area contributed by atoms with E-state index >= 15 is 0 Å². The van der Waals surface area contributed by atoms with Crippen LogP contribution >= 0.6 is 0 Å². The number of nitrogens with one attached hydrogen (secondary N) is 1. The van der Waals surface area contributed by atoms with E-state index in [0.29, 0.717) is 11.9 Å². The van der Waals surface area contributed by atoms with Gasteiger partial charge < -0.3 is 20.1 Å². The van der Waals surface area contributed by atoms with Gasteiger partial charge in [-0.15, -0.1) is 5.10 Å². The molecule has 10 heteroatoms. The SMILES string of the molecule is CCOC(=O)[C@H]1[C@H]2C(=O)N([C@@H](CO)C(C)C)[C@H](C(=O)NCn3nnc4ccccc43)[C@H]2C=C[C@H]1CC. The van der Waals surface area contributed by atoms with E-state index in [4.69, 9.17) is 4.74 Å². The highest BCUT2D eigenvalue weighted by Crippen LogP contribution is 2.46. The molecule has 1 aromatic heterocycles. The number of ether oxygens (including phenoxy) is 1. The summed E-state index contributed by atoms with van der Waals surface area (Å²) in [6.45, 7) is 7.51. The van der Waals surface area contributed by atoms with E-state index in [0.717, 1.165) is 5.52 Å². The zero-order valence-corrected chi connectivity index (χ0v) is 21.2. The molecule has 1 aliphatic carbocycles. The first kappa shape index (κ1) is 25.8. The van der Waals surface area contributed by atoms with E-state index < -0.39 is 35.8 Å². The van der Waals surface area contributed by atoms with E-state index in [-0.39, 0.29) is 43.5 Å². The standard InChI is InChI=1S/C26H35N5O5/c1-5-16-11-12-17-22(21(16)26(35)36-6-2)25(34)31(20(13-32)15(3)4)23(17)24(33)27-14-30-19-10-8-7-9-18(19)28-29-30/h7-12,15-17,20-23,32H,5-6,13-14H2,1-4H3,(H,27,33)/t16-,17+,20+,21-,22+,23+/m1/s1. The lowest BCUT2D eigenvalue weighted by molar-refractivity contribution is -0.156. The number of allylic oxidation sites excluding steroid dienone is 1. The van der Waals surface area contributed by atoms with Gasteiger partial charge in [-0.1, -0.05) is 50.3 Å². The zero-order chi connectivity index (χ0) is 26.0. The molecule has 0 unspecified atom stereocenters. The number of para-hydroxylation sites is 1. The lowest BCUT2D eigenvalue weighted by Crippen LogP contribution is -2.54. The van der Waals surface area contributed by atoms with Gasteiger partial charge in [0, 0.05) is 5.92 Å². The third-order valence-electron chi connectivity index (χ3n) is 7.48. The molecule has 2 heterocycles. The summed E-state index contributed by atoms with van der Waals surface area (Å²) in [5.41, 5.74) is 1.49. The summed E-state index contributed by atoms with van der Waals surface area (Å²) >= 11 is 0. The van der Waals surface area contributed by atoms with Gasteiger partial charge in [0.15, 0.2) is 0 Å². The Labute approximate surface area is 210 Å². The highest BCUT2D eigenvalue weighted by Gasteiger charge is 2.59. The molecule has 194 valence electrons. The third-order valence-corrected chi connectivity index (χ3v) is 7.48. The van der Waals surface area contributed by atoms with Crippen LogP contribution in [0.5, 0.6) is 0 Å². The molecule has 1 saturated heterocycles. The largest absolute Gasteiger partial charge is 0.466 e. The fourth-order valence-corrected chi connectivity index (χ4v) is 5.66. The second-order valence-corrected chi connectivity index (χ2v) is 9.80. The van der Waals surface area contributed by atoms with Crippen LogP contribution in [0.3, 0.4) is 0 Å². The van der Waals surface area contributed by atoms with Crippen molar-refractivity contribution >= 4 is 28.8 Å². The first-order valence-corrected chi connectivity index (χ1v) is 12.7. The molecule has 0 radical (unpaired) electrons. The Morgan fingerprint density at radius 1 is 1.19 bits per heavy atom. The number of hydrogen-bond donors (Lipinski definition) is 2. The van der Waals surface area contributed by atoms with Crippen molar-refractivity contribution in [1.82, 2.24) is 25.2 Å². The number of hydrogen-bond acceptors (Lipinski definition) is 7.